The van der Waals surface area contributed by atoms with E-state index < -0.39 is 24.6 Å². The highest BCUT2D eigenvalue weighted by Crippen LogP contribution is 2.27. The normalized spacial score (nSPS) is 12.9. The highest BCUT2D eigenvalue weighted by Gasteiger charge is 2.21. The van der Waals surface area contributed by atoms with Crippen molar-refractivity contribution < 1.29 is 33.3 Å². The second-order valence-electron chi connectivity index (χ2n) is 8.88. The van der Waals surface area contributed by atoms with E-state index in [1.807, 2.05) is 6.07 Å². The smallest absolute Gasteiger partial charge is 0.436 e. The number of aromatic nitrogens is 5. The Kier molecular flexibility index (Phi) is 8.86. The van der Waals surface area contributed by atoms with Crippen LogP contribution >= 0.6 is 0 Å². The van der Waals surface area contributed by atoms with Crippen molar-refractivity contribution >= 4 is 17.7 Å². The monoisotopic (exact) mass is 538 g/mol. The zero-order valence-corrected chi connectivity index (χ0v) is 22.0. The predicted molar refractivity (Wildman–Crippen MR) is 138 cm³/mol. The fourth-order valence-electron chi connectivity index (χ4n) is 3.43. The Bertz CT molecular complexity index is 1390. The number of aliphatic hydroxyl groups is 1. The summed E-state index contributed by atoms with van der Waals surface area (Å²) < 4.78 is 23.9. The number of anilines is 1. The third kappa shape index (κ3) is 6.96. The number of aliphatic hydroxyl groups excluding tert-OH is 1. The van der Waals surface area contributed by atoms with Crippen molar-refractivity contribution in [2.45, 2.75) is 39.9 Å². The van der Waals surface area contributed by atoms with Crippen molar-refractivity contribution in [3.8, 4) is 22.7 Å². The van der Waals surface area contributed by atoms with Crippen LogP contribution < -0.4 is 5.32 Å². The van der Waals surface area contributed by atoms with E-state index >= 15 is 0 Å². The van der Waals surface area contributed by atoms with Gasteiger partial charge in [0, 0.05) is 31.6 Å². The zero-order chi connectivity index (χ0) is 27.9. The molecule has 13 heteroatoms. The minimum absolute atomic E-state index is 0.0432. The lowest BCUT2D eigenvalue weighted by atomic mass is 10.2. The molecule has 4 heterocycles. The molecular formula is C26H30N6O7. The number of carbonyl (C=O) groups is 2. The van der Waals surface area contributed by atoms with E-state index in [0.29, 0.717) is 41.6 Å². The molecule has 0 saturated heterocycles. The number of methoxy groups -OCH3 is 1. The van der Waals surface area contributed by atoms with Crippen LogP contribution in [0.4, 0.5) is 10.5 Å². The molecule has 206 valence electrons. The highest BCUT2D eigenvalue weighted by atomic mass is 16.7. The van der Waals surface area contributed by atoms with E-state index in [0.717, 1.165) is 4.68 Å². The number of amides is 1. The van der Waals surface area contributed by atoms with Gasteiger partial charge < -0.3 is 29.1 Å². The van der Waals surface area contributed by atoms with Crippen LogP contribution in [0.25, 0.3) is 22.7 Å². The van der Waals surface area contributed by atoms with E-state index in [2.05, 4.69) is 20.5 Å². The van der Waals surface area contributed by atoms with Gasteiger partial charge in [0.1, 0.15) is 11.5 Å². The molecule has 0 bridgehead atoms. The van der Waals surface area contributed by atoms with Gasteiger partial charge in [-0.25, -0.2) is 4.79 Å². The Morgan fingerprint density at radius 3 is 2.69 bits per heavy atom. The van der Waals surface area contributed by atoms with Crippen molar-refractivity contribution in [2.24, 2.45) is 5.92 Å². The third-order valence-corrected chi connectivity index (χ3v) is 5.49. The summed E-state index contributed by atoms with van der Waals surface area (Å²) >= 11 is 0. The molecule has 2 unspecified atom stereocenters. The van der Waals surface area contributed by atoms with Gasteiger partial charge in [0.05, 0.1) is 36.3 Å². The topological polar surface area (TPSA) is 156 Å². The first-order chi connectivity index (χ1) is 18.7. The molecule has 13 nitrogen and oxygen atoms in total. The Hall–Kier alpha value is -4.33. The molecule has 0 spiro atoms. The molecule has 4 aromatic rings. The number of nitrogens with zero attached hydrogens (tertiary/aromatic N) is 5. The molecule has 4 rings (SSSR count). The predicted octanol–water partition coefficient (Wildman–Crippen LogP) is 3.62. The first-order valence-corrected chi connectivity index (χ1v) is 12.2. The van der Waals surface area contributed by atoms with E-state index in [9.17, 15) is 14.7 Å². The van der Waals surface area contributed by atoms with Gasteiger partial charge in [-0.1, -0.05) is 19.9 Å². The SMILES string of the molecule is COCCn1cc(NC(=O)c2ccc(-c3cnn(C(=O)OC(C)OC(O)C(C)C)c3)o2)c(-c2ccccn2)n1. The van der Waals surface area contributed by atoms with Gasteiger partial charge >= 0.3 is 6.09 Å². The standard InChI is InChI=1S/C26H30N6O7/c1-16(2)25(34)37-17(3)38-26(35)32-14-18(13-28-32)21-8-9-22(39-21)24(33)29-20-15-31(11-12-36-4)30-23(20)19-7-5-6-10-27-19/h5-10,13-17,25,34H,11-12H2,1-4H3,(H,29,33). The van der Waals surface area contributed by atoms with E-state index in [1.165, 1.54) is 25.4 Å². The molecular weight excluding hydrogens is 508 g/mol. The van der Waals surface area contributed by atoms with E-state index in [1.54, 1.807) is 56.2 Å². The van der Waals surface area contributed by atoms with E-state index in [-0.39, 0.29) is 11.7 Å². The Balaban J connectivity index is 1.44. The summed E-state index contributed by atoms with van der Waals surface area (Å²) in [5.41, 5.74) is 2.01. The summed E-state index contributed by atoms with van der Waals surface area (Å²) in [7, 11) is 1.60. The molecule has 0 radical (unpaired) electrons. The number of hydrogen-bond acceptors (Lipinski definition) is 10. The minimum Gasteiger partial charge on any atom is -0.451 e. The third-order valence-electron chi connectivity index (χ3n) is 5.49. The van der Waals surface area contributed by atoms with Crippen molar-refractivity contribution in [3.05, 3.63) is 60.9 Å². The molecule has 1 amide bonds. The van der Waals surface area contributed by atoms with Crippen LogP contribution in [0.15, 0.2) is 59.5 Å². The van der Waals surface area contributed by atoms with E-state index in [4.69, 9.17) is 18.6 Å². The Morgan fingerprint density at radius 2 is 1.97 bits per heavy atom. The number of nitrogens with one attached hydrogen (secondary N) is 1. The lowest BCUT2D eigenvalue weighted by Crippen LogP contribution is -2.29. The zero-order valence-electron chi connectivity index (χ0n) is 22.0. The van der Waals surface area contributed by atoms with Crippen molar-refractivity contribution in [3.63, 3.8) is 0 Å². The maximum absolute atomic E-state index is 13.0. The summed E-state index contributed by atoms with van der Waals surface area (Å²) in [5.74, 6) is -0.298. The molecule has 0 aliphatic rings. The summed E-state index contributed by atoms with van der Waals surface area (Å²) in [6, 6.07) is 8.53. The molecule has 4 aromatic heterocycles. The first kappa shape index (κ1) is 27.7. The molecule has 2 N–H and O–H groups in total. The second-order valence-corrected chi connectivity index (χ2v) is 8.88. The number of rotatable bonds is 11. The summed E-state index contributed by atoms with van der Waals surface area (Å²) in [5, 5.41) is 21.1. The maximum atomic E-state index is 13.0. The maximum Gasteiger partial charge on any atom is 0.436 e. The van der Waals surface area contributed by atoms with Crippen LogP contribution in [-0.2, 0) is 20.8 Å². The lowest BCUT2D eigenvalue weighted by molar-refractivity contribution is -0.214. The lowest BCUT2D eigenvalue weighted by Gasteiger charge is -2.20. The fourth-order valence-corrected chi connectivity index (χ4v) is 3.43. The van der Waals surface area contributed by atoms with Crippen LogP contribution in [0, 0.1) is 5.92 Å². The van der Waals surface area contributed by atoms with Crippen LogP contribution in [0.2, 0.25) is 0 Å². The molecule has 0 aromatic carbocycles. The van der Waals surface area contributed by atoms with Gasteiger partial charge in [-0.05, 0) is 31.2 Å². The number of pyridine rings is 1. The van der Waals surface area contributed by atoms with Crippen LogP contribution in [0.5, 0.6) is 0 Å². The fraction of sp³-hybridized carbons (Fsp3) is 0.346. The highest BCUT2D eigenvalue weighted by molar-refractivity contribution is 6.04. The van der Waals surface area contributed by atoms with Gasteiger partial charge in [-0.3, -0.25) is 14.5 Å². The number of ether oxygens (including phenoxy) is 3. The quantitative estimate of drug-likeness (QED) is 0.270. The number of furan rings is 1. The Morgan fingerprint density at radius 1 is 1.15 bits per heavy atom. The van der Waals surface area contributed by atoms with Crippen molar-refractivity contribution in [1.29, 1.82) is 0 Å². The first-order valence-electron chi connectivity index (χ1n) is 12.2. The van der Waals surface area contributed by atoms with Gasteiger partial charge in [0.25, 0.3) is 5.91 Å². The largest absolute Gasteiger partial charge is 0.451 e. The summed E-state index contributed by atoms with van der Waals surface area (Å²) in [6.45, 7) is 5.97. The second kappa shape index (κ2) is 12.5. The minimum atomic E-state index is -1.08. The Labute approximate surface area is 224 Å². The molecule has 0 fully saturated rings. The summed E-state index contributed by atoms with van der Waals surface area (Å²) in [6.07, 6.45) is 3.27. The number of hydrogen-bond donors (Lipinski definition) is 2. The van der Waals surface area contributed by atoms with Gasteiger partial charge in [-0.15, -0.1) is 0 Å². The van der Waals surface area contributed by atoms with Crippen LogP contribution in [-0.4, -0.2) is 67.9 Å². The van der Waals surface area contributed by atoms with Gasteiger partial charge in [0.15, 0.2) is 12.1 Å². The van der Waals surface area contributed by atoms with Crippen LogP contribution in [0.3, 0.4) is 0 Å². The van der Waals surface area contributed by atoms with Crippen molar-refractivity contribution in [2.75, 3.05) is 19.0 Å². The van der Waals surface area contributed by atoms with Gasteiger partial charge in [0.2, 0.25) is 6.29 Å². The molecule has 0 saturated carbocycles. The van der Waals surface area contributed by atoms with Crippen LogP contribution in [0.1, 0.15) is 31.3 Å². The molecule has 0 aliphatic carbocycles. The average Bonchev–Trinajstić information content (AvgIpc) is 3.67. The molecule has 2 atom stereocenters. The average molecular weight is 539 g/mol. The molecule has 39 heavy (non-hydrogen) atoms. The number of carbonyl (C=O) groups excluding carboxylic acids is 2. The molecule has 0 aliphatic heterocycles. The van der Waals surface area contributed by atoms with Gasteiger partial charge in [-0.2, -0.15) is 14.9 Å². The summed E-state index contributed by atoms with van der Waals surface area (Å²) in [4.78, 5) is 29.7. The van der Waals surface area contributed by atoms with Crippen molar-refractivity contribution in [1.82, 2.24) is 24.5 Å².